The predicted molar refractivity (Wildman–Crippen MR) is 84.2 cm³/mol. The van der Waals surface area contributed by atoms with Crippen LogP contribution >= 0.6 is 27.5 Å². The van der Waals surface area contributed by atoms with E-state index < -0.39 is 10.0 Å². The Kier molecular flexibility index (Phi) is 4.65. The summed E-state index contributed by atoms with van der Waals surface area (Å²) in [7, 11) is -3.86. The van der Waals surface area contributed by atoms with Crippen molar-refractivity contribution in [3.05, 3.63) is 51.7 Å². The number of carbonyl (C=O) groups excluding carboxylic acids is 1. The fourth-order valence-corrected chi connectivity index (χ4v) is 3.22. The lowest BCUT2D eigenvalue weighted by Gasteiger charge is -2.10. The van der Waals surface area contributed by atoms with Crippen molar-refractivity contribution in [3.63, 3.8) is 0 Å². The number of hydrogen-bond acceptors (Lipinski definition) is 4. The van der Waals surface area contributed by atoms with Gasteiger partial charge in [-0.25, -0.2) is 13.4 Å². The molecule has 1 aromatic carbocycles. The lowest BCUT2D eigenvalue weighted by atomic mass is 10.2. The first-order valence-corrected chi connectivity index (χ1v) is 8.40. The summed E-state index contributed by atoms with van der Waals surface area (Å²) in [4.78, 5) is 15.1. The largest absolute Gasteiger partial charge is 0.295 e. The van der Waals surface area contributed by atoms with Gasteiger partial charge in [0.25, 0.3) is 10.0 Å². The zero-order chi connectivity index (χ0) is 15.6. The van der Waals surface area contributed by atoms with Crippen LogP contribution in [0.1, 0.15) is 17.3 Å². The van der Waals surface area contributed by atoms with Crippen LogP contribution in [0.2, 0.25) is 5.15 Å². The van der Waals surface area contributed by atoms with E-state index in [0.29, 0.717) is 10.0 Å². The highest BCUT2D eigenvalue weighted by Gasteiger charge is 2.17. The number of carbonyl (C=O) groups is 1. The first-order chi connectivity index (χ1) is 9.79. The number of nitrogens with one attached hydrogen (secondary N) is 1. The number of aromatic nitrogens is 1. The molecule has 0 amide bonds. The van der Waals surface area contributed by atoms with Gasteiger partial charge in [0.1, 0.15) is 0 Å². The van der Waals surface area contributed by atoms with E-state index in [0.717, 1.165) is 0 Å². The molecule has 5 nitrogen and oxygen atoms in total. The Bertz CT molecular complexity index is 809. The molecule has 0 aliphatic heterocycles. The van der Waals surface area contributed by atoms with Crippen LogP contribution in [0, 0.1) is 0 Å². The van der Waals surface area contributed by atoms with Crippen molar-refractivity contribution in [1.29, 1.82) is 0 Å². The zero-order valence-corrected chi connectivity index (χ0v) is 14.0. The second kappa shape index (κ2) is 6.13. The summed E-state index contributed by atoms with van der Waals surface area (Å²) in [6, 6.07) is 7.26. The topological polar surface area (TPSA) is 76.1 Å². The van der Waals surface area contributed by atoms with Crippen LogP contribution in [-0.2, 0) is 10.0 Å². The first kappa shape index (κ1) is 15.9. The highest BCUT2D eigenvalue weighted by Crippen LogP contribution is 2.26. The molecule has 21 heavy (non-hydrogen) atoms. The standard InChI is InChI=1S/C13H10BrClN2O3S/c1-8(18)9-3-2-4-11(5-9)21(19,20)17-12-6-10(14)7-16-13(12)15/h2-7,17H,1H3. The Morgan fingerprint density at radius 2 is 2.05 bits per heavy atom. The number of anilines is 1. The lowest BCUT2D eigenvalue weighted by molar-refractivity contribution is 0.101. The number of nitrogens with zero attached hydrogens (tertiary/aromatic N) is 1. The van der Waals surface area contributed by atoms with Gasteiger partial charge in [0.2, 0.25) is 0 Å². The third-order valence-electron chi connectivity index (χ3n) is 2.60. The quantitative estimate of drug-likeness (QED) is 0.641. The van der Waals surface area contributed by atoms with Gasteiger partial charge in [-0.2, -0.15) is 0 Å². The first-order valence-electron chi connectivity index (χ1n) is 5.74. The number of pyridine rings is 1. The molecule has 1 N–H and O–H groups in total. The number of sulfonamides is 1. The highest BCUT2D eigenvalue weighted by atomic mass is 79.9. The molecule has 0 aliphatic carbocycles. The third-order valence-corrected chi connectivity index (χ3v) is 4.70. The zero-order valence-electron chi connectivity index (χ0n) is 10.8. The molecular weight excluding hydrogens is 380 g/mol. The molecule has 0 radical (unpaired) electrons. The second-order valence-corrected chi connectivity index (χ2v) is 7.14. The number of Topliss-reactive ketones (excluding diaryl/α,β-unsaturated/α-hetero) is 1. The summed E-state index contributed by atoms with van der Waals surface area (Å²) in [6.45, 7) is 1.37. The minimum atomic E-state index is -3.86. The third kappa shape index (κ3) is 3.81. The van der Waals surface area contributed by atoms with Gasteiger partial charge in [0.05, 0.1) is 10.6 Å². The molecule has 8 heteroatoms. The molecule has 0 atom stereocenters. The van der Waals surface area contributed by atoms with Crippen LogP contribution in [0.3, 0.4) is 0 Å². The number of hydrogen-bond donors (Lipinski definition) is 1. The van der Waals surface area contributed by atoms with E-state index in [-0.39, 0.29) is 21.5 Å². The van der Waals surface area contributed by atoms with Gasteiger partial charge in [-0.1, -0.05) is 23.7 Å². The summed E-state index contributed by atoms with van der Waals surface area (Å²) in [5.74, 6) is -0.214. The summed E-state index contributed by atoms with van der Waals surface area (Å²) in [5.41, 5.74) is 0.468. The molecule has 2 aromatic rings. The Morgan fingerprint density at radius 1 is 1.33 bits per heavy atom. The molecule has 1 aromatic heterocycles. The van der Waals surface area contributed by atoms with Gasteiger partial charge in [0.15, 0.2) is 10.9 Å². The molecule has 2 rings (SSSR count). The summed E-state index contributed by atoms with van der Waals surface area (Å²) in [6.07, 6.45) is 1.45. The van der Waals surface area contributed by atoms with E-state index >= 15 is 0 Å². The fraction of sp³-hybridized carbons (Fsp3) is 0.0769. The number of halogens is 2. The normalized spacial score (nSPS) is 11.2. The van der Waals surface area contributed by atoms with Crippen LogP contribution in [0.5, 0.6) is 0 Å². The van der Waals surface area contributed by atoms with E-state index in [4.69, 9.17) is 11.6 Å². The van der Waals surface area contributed by atoms with Crippen molar-refractivity contribution >= 4 is 49.0 Å². The van der Waals surface area contributed by atoms with Crippen molar-refractivity contribution in [3.8, 4) is 0 Å². The van der Waals surface area contributed by atoms with Crippen molar-refractivity contribution in [2.24, 2.45) is 0 Å². The molecule has 0 unspecified atom stereocenters. The maximum Gasteiger partial charge on any atom is 0.262 e. The Labute approximate surface area is 135 Å². The van der Waals surface area contributed by atoms with Crippen LogP contribution in [-0.4, -0.2) is 19.2 Å². The monoisotopic (exact) mass is 388 g/mol. The minimum absolute atomic E-state index is 0.0220. The SMILES string of the molecule is CC(=O)c1cccc(S(=O)(=O)Nc2cc(Br)cnc2Cl)c1. The summed E-state index contributed by atoms with van der Waals surface area (Å²) >= 11 is 9.05. The Morgan fingerprint density at radius 3 is 2.71 bits per heavy atom. The maximum absolute atomic E-state index is 12.3. The maximum atomic E-state index is 12.3. The van der Waals surface area contributed by atoms with Gasteiger partial charge >= 0.3 is 0 Å². The van der Waals surface area contributed by atoms with Gasteiger partial charge in [-0.3, -0.25) is 9.52 Å². The smallest absolute Gasteiger partial charge is 0.262 e. The molecule has 0 aliphatic rings. The lowest BCUT2D eigenvalue weighted by Crippen LogP contribution is -2.14. The van der Waals surface area contributed by atoms with Crippen LogP contribution in [0.4, 0.5) is 5.69 Å². The van der Waals surface area contributed by atoms with Crippen LogP contribution < -0.4 is 4.72 Å². The van der Waals surface area contributed by atoms with E-state index in [1.54, 1.807) is 6.07 Å². The molecular formula is C13H10BrClN2O3S. The molecule has 0 saturated heterocycles. The molecule has 0 bridgehead atoms. The van der Waals surface area contributed by atoms with Crippen LogP contribution in [0.25, 0.3) is 0 Å². The molecule has 1 heterocycles. The molecule has 0 spiro atoms. The molecule has 110 valence electrons. The van der Waals surface area contributed by atoms with Crippen molar-refractivity contribution in [1.82, 2.24) is 4.98 Å². The van der Waals surface area contributed by atoms with Crippen LogP contribution in [0.15, 0.2) is 45.9 Å². The number of rotatable bonds is 4. The number of ketones is 1. The van der Waals surface area contributed by atoms with Gasteiger partial charge in [0, 0.05) is 16.2 Å². The Hall–Kier alpha value is -1.44. The number of benzene rings is 1. The van der Waals surface area contributed by atoms with E-state index in [1.807, 2.05) is 0 Å². The minimum Gasteiger partial charge on any atom is -0.295 e. The second-order valence-electron chi connectivity index (χ2n) is 4.18. The Balaban J connectivity index is 2.41. The predicted octanol–water partition coefficient (Wildman–Crippen LogP) is 3.50. The van der Waals surface area contributed by atoms with E-state index in [9.17, 15) is 13.2 Å². The van der Waals surface area contributed by atoms with Gasteiger partial charge in [-0.05, 0) is 41.1 Å². The van der Waals surface area contributed by atoms with E-state index in [2.05, 4.69) is 25.6 Å². The molecule has 0 saturated carbocycles. The average molecular weight is 390 g/mol. The molecule has 0 fully saturated rings. The van der Waals surface area contributed by atoms with Crippen molar-refractivity contribution < 1.29 is 13.2 Å². The van der Waals surface area contributed by atoms with Crippen molar-refractivity contribution in [2.75, 3.05) is 4.72 Å². The summed E-state index contributed by atoms with van der Waals surface area (Å²) in [5, 5.41) is 0.0319. The fourth-order valence-electron chi connectivity index (χ4n) is 1.58. The van der Waals surface area contributed by atoms with E-state index in [1.165, 1.54) is 37.4 Å². The van der Waals surface area contributed by atoms with Crippen molar-refractivity contribution in [2.45, 2.75) is 11.8 Å². The summed E-state index contributed by atoms with van der Waals surface area (Å²) < 4.78 is 27.6. The van der Waals surface area contributed by atoms with Gasteiger partial charge in [-0.15, -0.1) is 0 Å². The highest BCUT2D eigenvalue weighted by molar-refractivity contribution is 9.10. The van der Waals surface area contributed by atoms with Gasteiger partial charge < -0.3 is 0 Å². The average Bonchev–Trinajstić information content (AvgIpc) is 2.43.